The number of rotatable bonds is 3. The molecule has 0 N–H and O–H groups in total. The summed E-state index contributed by atoms with van der Waals surface area (Å²) in [5.74, 6) is 0.453. The lowest BCUT2D eigenvalue weighted by molar-refractivity contribution is 0.417. The molecule has 4 rings (SSSR count). The van der Waals surface area contributed by atoms with E-state index in [-0.39, 0.29) is 32.6 Å². The highest BCUT2D eigenvalue weighted by Gasteiger charge is 2.22. The van der Waals surface area contributed by atoms with Crippen LogP contribution in [-0.2, 0) is 0 Å². The Labute approximate surface area is 180 Å². The fraction of sp³-hybridized carbons (Fsp3) is 0.0588. The summed E-state index contributed by atoms with van der Waals surface area (Å²) in [6.45, 7) is 0. The van der Waals surface area contributed by atoms with Gasteiger partial charge in [0, 0.05) is 12.3 Å². The molecule has 0 aliphatic rings. The van der Waals surface area contributed by atoms with Gasteiger partial charge >= 0.3 is 5.63 Å². The van der Waals surface area contributed by atoms with Crippen LogP contribution in [0.25, 0.3) is 28.3 Å². The molecule has 0 saturated carbocycles. The fourth-order valence-electron chi connectivity index (χ4n) is 2.66. The maximum Gasteiger partial charge on any atom is 0.351 e. The van der Waals surface area contributed by atoms with Crippen LogP contribution in [-0.4, -0.2) is 26.9 Å². The van der Waals surface area contributed by atoms with E-state index in [0.29, 0.717) is 21.1 Å². The van der Waals surface area contributed by atoms with Gasteiger partial charge in [-0.1, -0.05) is 34.8 Å². The fourth-order valence-corrected chi connectivity index (χ4v) is 3.82. The van der Waals surface area contributed by atoms with Crippen molar-refractivity contribution in [2.75, 3.05) is 7.11 Å². The highest BCUT2D eigenvalue weighted by Crippen LogP contribution is 2.36. The van der Waals surface area contributed by atoms with Crippen LogP contribution in [0.4, 0.5) is 0 Å². The predicted molar refractivity (Wildman–Crippen MR) is 110 cm³/mol. The van der Waals surface area contributed by atoms with Crippen LogP contribution < -0.4 is 10.4 Å². The number of benzene rings is 1. The third-order valence-corrected chi connectivity index (χ3v) is 5.06. The van der Waals surface area contributed by atoms with Gasteiger partial charge in [-0.15, -0.1) is 0 Å². The van der Waals surface area contributed by atoms with Crippen molar-refractivity contribution >= 4 is 61.6 Å². The zero-order chi connectivity index (χ0) is 20.0. The quantitative estimate of drug-likeness (QED) is 0.385. The summed E-state index contributed by atoms with van der Waals surface area (Å²) in [7, 11) is 1.39. The first-order valence-electron chi connectivity index (χ1n) is 7.64. The molecule has 0 bridgehead atoms. The minimum Gasteiger partial charge on any atom is -0.494 e. The molecule has 11 heteroatoms. The average Bonchev–Trinajstić information content (AvgIpc) is 3.04. The third-order valence-electron chi connectivity index (χ3n) is 3.81. The van der Waals surface area contributed by atoms with E-state index in [2.05, 4.69) is 31.0 Å². The molecule has 7 nitrogen and oxygen atoms in total. The number of methoxy groups -OCH3 is 1. The third kappa shape index (κ3) is 3.16. The lowest BCUT2D eigenvalue weighted by Crippen LogP contribution is -2.08. The Balaban J connectivity index is 2.03. The molecule has 28 heavy (non-hydrogen) atoms. The summed E-state index contributed by atoms with van der Waals surface area (Å²) in [5.41, 5.74) is -0.182. The van der Waals surface area contributed by atoms with Gasteiger partial charge in [0.25, 0.3) is 0 Å². The Kier molecular flexibility index (Phi) is 5.05. The first-order chi connectivity index (χ1) is 13.4. The van der Waals surface area contributed by atoms with Gasteiger partial charge in [0.2, 0.25) is 5.89 Å². The zero-order valence-corrected chi connectivity index (χ0v) is 17.8. The Hall–Kier alpha value is -2.13. The number of fused-ring (bicyclic) bond motifs is 1. The number of aromatic nitrogens is 4. The van der Waals surface area contributed by atoms with Gasteiger partial charge in [0.1, 0.15) is 21.2 Å². The smallest absolute Gasteiger partial charge is 0.351 e. The average molecular weight is 503 g/mol. The molecule has 0 fully saturated rings. The molecular formula is C17H8BrCl3N4O3. The number of pyridine rings is 1. The van der Waals surface area contributed by atoms with Crippen LogP contribution in [0.2, 0.25) is 15.1 Å². The van der Waals surface area contributed by atoms with E-state index in [4.69, 9.17) is 44.0 Å². The minimum absolute atomic E-state index is 0.0244. The van der Waals surface area contributed by atoms with Crippen molar-refractivity contribution in [2.45, 2.75) is 0 Å². The Morgan fingerprint density at radius 1 is 1.18 bits per heavy atom. The summed E-state index contributed by atoms with van der Waals surface area (Å²) in [6, 6.07) is 6.41. The summed E-state index contributed by atoms with van der Waals surface area (Å²) in [5, 5.41) is 5.06. The number of ether oxygens (including phenoxy) is 1. The maximum atomic E-state index is 12.7. The highest BCUT2D eigenvalue weighted by atomic mass is 79.9. The van der Waals surface area contributed by atoms with Gasteiger partial charge in [-0.2, -0.15) is 5.10 Å². The molecule has 0 saturated heterocycles. The number of halogens is 4. The van der Waals surface area contributed by atoms with Crippen molar-refractivity contribution in [1.82, 2.24) is 19.7 Å². The van der Waals surface area contributed by atoms with Crippen LogP contribution >= 0.6 is 50.7 Å². The van der Waals surface area contributed by atoms with Crippen molar-refractivity contribution in [2.24, 2.45) is 0 Å². The molecule has 0 radical (unpaired) electrons. The first-order valence-corrected chi connectivity index (χ1v) is 9.57. The normalized spacial score (nSPS) is 11.2. The molecule has 3 aromatic heterocycles. The molecule has 0 atom stereocenters. The lowest BCUT2D eigenvalue weighted by Gasteiger charge is -2.10. The van der Waals surface area contributed by atoms with E-state index in [0.717, 1.165) is 0 Å². The van der Waals surface area contributed by atoms with Crippen LogP contribution in [0.1, 0.15) is 0 Å². The number of hydrogen-bond acceptors (Lipinski definition) is 6. The van der Waals surface area contributed by atoms with Gasteiger partial charge < -0.3 is 9.15 Å². The van der Waals surface area contributed by atoms with Crippen molar-refractivity contribution in [3.8, 4) is 23.2 Å². The van der Waals surface area contributed by atoms with Crippen LogP contribution in [0.3, 0.4) is 0 Å². The second-order valence-corrected chi connectivity index (χ2v) is 7.51. The van der Waals surface area contributed by atoms with Gasteiger partial charge in [0.15, 0.2) is 11.6 Å². The lowest BCUT2D eigenvalue weighted by atomic mass is 10.2. The van der Waals surface area contributed by atoms with E-state index in [1.807, 2.05) is 0 Å². The number of nitrogens with zero attached hydrogens (tertiary/aromatic N) is 4. The molecule has 142 valence electrons. The SMILES string of the molecule is COc1c(Cl)cc(Cl)c2nc(-c3cc(Br)nn3-c3ncccc3Cl)oc(=O)c12. The van der Waals surface area contributed by atoms with Gasteiger partial charge in [-0.25, -0.2) is 19.4 Å². The molecule has 1 aromatic carbocycles. The van der Waals surface area contributed by atoms with Crippen molar-refractivity contribution in [1.29, 1.82) is 0 Å². The molecule has 0 aliphatic heterocycles. The summed E-state index contributed by atoms with van der Waals surface area (Å²) >= 11 is 21.9. The van der Waals surface area contributed by atoms with E-state index < -0.39 is 5.63 Å². The Morgan fingerprint density at radius 2 is 1.96 bits per heavy atom. The van der Waals surface area contributed by atoms with Gasteiger partial charge in [-0.3, -0.25) is 0 Å². The van der Waals surface area contributed by atoms with Gasteiger partial charge in [0.05, 0.1) is 22.2 Å². The van der Waals surface area contributed by atoms with E-state index in [1.165, 1.54) is 17.9 Å². The Bertz CT molecular complexity index is 1290. The maximum absolute atomic E-state index is 12.7. The number of hydrogen-bond donors (Lipinski definition) is 0. The molecule has 3 heterocycles. The minimum atomic E-state index is -0.711. The molecule has 0 aliphatic carbocycles. The molecular weight excluding hydrogens is 494 g/mol. The topological polar surface area (TPSA) is 83.0 Å². The first kappa shape index (κ1) is 19.2. The molecule has 0 amide bonds. The second kappa shape index (κ2) is 7.36. The predicted octanol–water partition coefficient (Wildman–Crippen LogP) is 5.17. The zero-order valence-electron chi connectivity index (χ0n) is 13.9. The van der Waals surface area contributed by atoms with Crippen molar-refractivity contribution < 1.29 is 9.15 Å². The summed E-state index contributed by atoms with van der Waals surface area (Å²) in [6.07, 6.45) is 1.56. The largest absolute Gasteiger partial charge is 0.494 e. The second-order valence-electron chi connectivity index (χ2n) is 5.48. The molecule has 0 spiro atoms. The van der Waals surface area contributed by atoms with Crippen molar-refractivity contribution in [3.63, 3.8) is 0 Å². The standard InChI is InChI=1S/C17H8BrCl3N4O3/c1-27-14-9(21)5-8(20)13-12(14)17(26)28-16(23-13)10-6-11(18)24-25(10)15-7(19)3-2-4-22-15/h2-6H,1H3. The van der Waals surface area contributed by atoms with Crippen LogP contribution in [0, 0.1) is 0 Å². The molecule has 4 aromatic rings. The van der Waals surface area contributed by atoms with Crippen LogP contribution in [0.5, 0.6) is 5.75 Å². The van der Waals surface area contributed by atoms with E-state index >= 15 is 0 Å². The van der Waals surface area contributed by atoms with E-state index in [9.17, 15) is 4.79 Å². The Morgan fingerprint density at radius 3 is 2.68 bits per heavy atom. The molecule has 0 unspecified atom stereocenters. The monoisotopic (exact) mass is 500 g/mol. The highest BCUT2D eigenvalue weighted by molar-refractivity contribution is 9.10. The van der Waals surface area contributed by atoms with Crippen molar-refractivity contribution in [3.05, 3.63) is 60.6 Å². The van der Waals surface area contributed by atoms with E-state index in [1.54, 1.807) is 24.4 Å². The van der Waals surface area contributed by atoms with Crippen LogP contribution in [0.15, 0.2) is 44.3 Å². The van der Waals surface area contributed by atoms with Gasteiger partial charge in [-0.05, 0) is 34.1 Å². The summed E-state index contributed by atoms with van der Waals surface area (Å²) in [4.78, 5) is 21.3. The summed E-state index contributed by atoms with van der Waals surface area (Å²) < 4.78 is 12.5.